The normalized spacial score (nSPS) is 29.3. The third-order valence-corrected chi connectivity index (χ3v) is 10.2. The third-order valence-electron chi connectivity index (χ3n) is 10.2. The van der Waals surface area contributed by atoms with Gasteiger partial charge in [-0.15, -0.1) is 0 Å². The van der Waals surface area contributed by atoms with Crippen LogP contribution in [0.3, 0.4) is 0 Å². The lowest BCUT2D eigenvalue weighted by Crippen LogP contribution is -2.60. The molecule has 0 spiro atoms. The van der Waals surface area contributed by atoms with Crippen LogP contribution in [0.2, 0.25) is 0 Å². The third kappa shape index (κ3) is 6.60. The van der Waals surface area contributed by atoms with E-state index in [1.165, 1.54) is 6.26 Å². The van der Waals surface area contributed by atoms with Crippen LogP contribution in [0, 0.1) is 0 Å². The lowest BCUT2D eigenvalue weighted by Gasteiger charge is -2.39. The molecular formula is C35H46N2O10. The lowest BCUT2D eigenvalue weighted by molar-refractivity contribution is -0.277. The molecule has 2 aromatic carbocycles. The van der Waals surface area contributed by atoms with Gasteiger partial charge in [0.2, 0.25) is 11.7 Å². The number of fused-ring (bicyclic) bond motifs is 1. The van der Waals surface area contributed by atoms with E-state index in [-0.39, 0.29) is 39.8 Å². The van der Waals surface area contributed by atoms with Gasteiger partial charge in [-0.1, -0.05) is 25.0 Å². The van der Waals surface area contributed by atoms with Crippen LogP contribution in [0.4, 0.5) is 0 Å². The van der Waals surface area contributed by atoms with E-state index in [9.17, 15) is 35.4 Å². The van der Waals surface area contributed by atoms with Crippen LogP contribution in [-0.2, 0) is 17.8 Å². The number of aliphatic hydroxyl groups excluding tert-OH is 4. The maximum absolute atomic E-state index is 14.2. The monoisotopic (exact) mass is 654 g/mol. The van der Waals surface area contributed by atoms with Crippen molar-refractivity contribution in [3.05, 3.63) is 51.9 Å². The van der Waals surface area contributed by atoms with E-state index < -0.39 is 42.7 Å². The number of phenolic OH excluding ortho intramolecular Hbond substituents is 2. The molecule has 3 fully saturated rings. The summed E-state index contributed by atoms with van der Waals surface area (Å²) in [5, 5.41) is 63.3. The second-order valence-electron chi connectivity index (χ2n) is 13.3. The zero-order chi connectivity index (χ0) is 33.4. The first-order valence-corrected chi connectivity index (χ1v) is 16.7. The Labute approximate surface area is 273 Å². The highest BCUT2D eigenvalue weighted by Gasteiger charge is 2.44. The number of likely N-dealkylation sites (tertiary alicyclic amines) is 2. The topological polar surface area (TPSA) is 177 Å². The standard InChI is InChI=1S/C35H46N2O10/c1-19-7-3-5-13-36(19)15-23-28(39)24(16-37-14-6-4-8-20(37)2)34-27(29(23)40)30(41)25(18-45-34)21-9-11-22(12-10-21)46-35-33(44)32(43)31(42)26(17-38)47-35/h9-12,18-20,26,31-33,35,38-40,42-44H,3-8,13-17H2,1-2H3/t19-,20-,26+,31+,32-,33+,35-/m0/s1. The number of aromatic hydroxyl groups is 2. The summed E-state index contributed by atoms with van der Waals surface area (Å²) in [6.45, 7) is 6.12. The highest BCUT2D eigenvalue weighted by Crippen LogP contribution is 2.42. The molecule has 3 aromatic rings. The van der Waals surface area contributed by atoms with Gasteiger partial charge in [-0.25, -0.2) is 0 Å². The second kappa shape index (κ2) is 14.1. The molecule has 3 saturated heterocycles. The molecule has 1 aromatic heterocycles. The van der Waals surface area contributed by atoms with E-state index >= 15 is 0 Å². The van der Waals surface area contributed by atoms with Gasteiger partial charge in [-0.3, -0.25) is 14.6 Å². The maximum atomic E-state index is 14.2. The smallest absolute Gasteiger partial charge is 0.229 e. The van der Waals surface area contributed by atoms with Gasteiger partial charge >= 0.3 is 0 Å². The van der Waals surface area contributed by atoms with Gasteiger partial charge in [0.05, 0.1) is 23.3 Å². The Hall–Kier alpha value is -3.23. The van der Waals surface area contributed by atoms with Crippen LogP contribution in [-0.4, -0.2) is 103 Å². The van der Waals surface area contributed by atoms with Crippen molar-refractivity contribution >= 4 is 11.0 Å². The van der Waals surface area contributed by atoms with E-state index in [4.69, 9.17) is 13.9 Å². The van der Waals surface area contributed by atoms with Gasteiger partial charge in [-0.05, 0) is 70.3 Å². The first-order chi connectivity index (χ1) is 22.6. The van der Waals surface area contributed by atoms with Gasteiger partial charge in [0.15, 0.2) is 0 Å². The quantitative estimate of drug-likeness (QED) is 0.210. The number of piperidine rings is 2. The fourth-order valence-corrected chi connectivity index (χ4v) is 7.16. The van der Waals surface area contributed by atoms with Crippen LogP contribution in [0.1, 0.15) is 63.5 Å². The first-order valence-electron chi connectivity index (χ1n) is 16.7. The fraction of sp³-hybridized carbons (Fsp3) is 0.571. The van der Waals surface area contributed by atoms with Crippen molar-refractivity contribution in [3.63, 3.8) is 0 Å². The highest BCUT2D eigenvalue weighted by molar-refractivity contribution is 5.92. The fourth-order valence-electron chi connectivity index (χ4n) is 7.16. The van der Waals surface area contributed by atoms with Crippen molar-refractivity contribution in [1.29, 1.82) is 0 Å². The molecule has 47 heavy (non-hydrogen) atoms. The summed E-state index contributed by atoms with van der Waals surface area (Å²) in [6.07, 6.45) is 0.634. The maximum Gasteiger partial charge on any atom is 0.229 e. The number of phenols is 2. The molecule has 0 aliphatic carbocycles. The van der Waals surface area contributed by atoms with Gasteiger partial charge in [0.25, 0.3) is 0 Å². The predicted octanol–water partition coefficient (Wildman–Crippen LogP) is 2.80. The minimum absolute atomic E-state index is 0.0290. The molecular weight excluding hydrogens is 608 g/mol. The molecule has 0 bridgehead atoms. The summed E-state index contributed by atoms with van der Waals surface area (Å²) in [6, 6.07) is 6.89. The summed E-state index contributed by atoms with van der Waals surface area (Å²) in [4.78, 5) is 18.7. The molecule has 12 heteroatoms. The van der Waals surface area contributed by atoms with Crippen molar-refractivity contribution in [1.82, 2.24) is 9.80 Å². The van der Waals surface area contributed by atoms with E-state index in [2.05, 4.69) is 23.6 Å². The molecule has 6 rings (SSSR count). The van der Waals surface area contributed by atoms with Crippen molar-refractivity contribution < 1.29 is 44.5 Å². The van der Waals surface area contributed by atoms with Crippen LogP contribution >= 0.6 is 0 Å². The minimum Gasteiger partial charge on any atom is -0.507 e. The van der Waals surface area contributed by atoms with Crippen molar-refractivity contribution in [2.75, 3.05) is 19.7 Å². The summed E-state index contributed by atoms with van der Waals surface area (Å²) >= 11 is 0. The summed E-state index contributed by atoms with van der Waals surface area (Å²) < 4.78 is 17.2. The molecule has 7 atom stereocenters. The van der Waals surface area contributed by atoms with E-state index in [0.29, 0.717) is 35.8 Å². The molecule has 0 unspecified atom stereocenters. The van der Waals surface area contributed by atoms with Crippen LogP contribution in [0.5, 0.6) is 17.2 Å². The average molecular weight is 655 g/mol. The SMILES string of the molecule is C[C@H]1CCCCN1Cc1c(O)c(CN2CCCC[C@@H]2C)c2occ(-c3ccc(O[C@H]4O[C@H](CO)[C@@H](O)[C@H](O)[C@H]4O)cc3)c(=O)c2c1O. The van der Waals surface area contributed by atoms with Crippen LogP contribution < -0.4 is 10.2 Å². The number of ether oxygens (including phenoxy) is 2. The van der Waals surface area contributed by atoms with Crippen LogP contribution in [0.15, 0.2) is 39.7 Å². The molecule has 256 valence electrons. The van der Waals surface area contributed by atoms with Crippen molar-refractivity contribution in [2.45, 2.75) is 108 Å². The average Bonchev–Trinajstić information content (AvgIpc) is 3.07. The van der Waals surface area contributed by atoms with Gasteiger partial charge < -0.3 is 44.5 Å². The van der Waals surface area contributed by atoms with Crippen molar-refractivity contribution in [3.8, 4) is 28.4 Å². The number of nitrogens with zero attached hydrogens (tertiary/aromatic N) is 2. The van der Waals surface area contributed by atoms with Gasteiger partial charge in [-0.2, -0.15) is 0 Å². The Morgan fingerprint density at radius 3 is 2.04 bits per heavy atom. The Balaban J connectivity index is 1.36. The molecule has 6 N–H and O–H groups in total. The Kier molecular flexibility index (Phi) is 10.1. The van der Waals surface area contributed by atoms with Gasteiger partial charge in [0.1, 0.15) is 58.9 Å². The molecule has 12 nitrogen and oxygen atoms in total. The lowest BCUT2D eigenvalue weighted by atomic mass is 9.96. The number of hydrogen-bond acceptors (Lipinski definition) is 12. The highest BCUT2D eigenvalue weighted by atomic mass is 16.7. The Morgan fingerprint density at radius 1 is 0.830 bits per heavy atom. The molecule has 3 aliphatic rings. The molecule has 3 aliphatic heterocycles. The molecule has 0 amide bonds. The molecule has 0 saturated carbocycles. The predicted molar refractivity (Wildman–Crippen MR) is 173 cm³/mol. The Morgan fingerprint density at radius 2 is 1.45 bits per heavy atom. The second-order valence-corrected chi connectivity index (χ2v) is 13.3. The number of benzene rings is 2. The first kappa shape index (κ1) is 33.7. The Bertz CT molecular complexity index is 1610. The number of rotatable bonds is 8. The molecule has 4 heterocycles. The zero-order valence-electron chi connectivity index (χ0n) is 26.9. The van der Waals surface area contributed by atoms with Crippen molar-refractivity contribution in [2.24, 2.45) is 0 Å². The number of aliphatic hydroxyl groups is 4. The summed E-state index contributed by atoms with van der Waals surface area (Å²) in [5.41, 5.74) is 1.24. The summed E-state index contributed by atoms with van der Waals surface area (Å²) in [5.74, 6) is -0.0630. The van der Waals surface area contributed by atoms with E-state index in [0.717, 1.165) is 51.6 Å². The summed E-state index contributed by atoms with van der Waals surface area (Å²) in [7, 11) is 0. The largest absolute Gasteiger partial charge is 0.507 e. The zero-order valence-corrected chi connectivity index (χ0v) is 26.9. The minimum atomic E-state index is -1.58. The van der Waals surface area contributed by atoms with E-state index in [1.54, 1.807) is 24.3 Å². The molecule has 0 radical (unpaired) electrons. The number of hydrogen-bond donors (Lipinski definition) is 6. The van der Waals surface area contributed by atoms with Crippen LogP contribution in [0.25, 0.3) is 22.1 Å². The van der Waals surface area contributed by atoms with Gasteiger partial charge in [0, 0.05) is 25.2 Å². The van der Waals surface area contributed by atoms with E-state index in [1.807, 2.05) is 0 Å².